The van der Waals surface area contributed by atoms with E-state index in [1.54, 1.807) is 17.1 Å². The lowest BCUT2D eigenvalue weighted by atomic mass is 10.1. The lowest BCUT2D eigenvalue weighted by molar-refractivity contribution is 0.0937. The van der Waals surface area contributed by atoms with Crippen molar-refractivity contribution in [2.24, 2.45) is 7.05 Å². The molecule has 0 spiro atoms. The first kappa shape index (κ1) is 13.4. The number of hydrogen-bond donors (Lipinski definition) is 1. The van der Waals surface area contributed by atoms with Gasteiger partial charge in [-0.05, 0) is 32.4 Å². The van der Waals surface area contributed by atoms with E-state index in [9.17, 15) is 4.79 Å². The first-order valence-corrected chi connectivity index (χ1v) is 6.39. The van der Waals surface area contributed by atoms with Crippen molar-refractivity contribution >= 4 is 5.91 Å². The van der Waals surface area contributed by atoms with E-state index in [1.807, 2.05) is 33.0 Å². The summed E-state index contributed by atoms with van der Waals surface area (Å²) in [5.74, 6) is 0.871. The van der Waals surface area contributed by atoms with Crippen molar-refractivity contribution < 1.29 is 9.21 Å². The molecule has 0 aliphatic carbocycles. The van der Waals surface area contributed by atoms with Gasteiger partial charge in [-0.15, -0.1) is 0 Å². The van der Waals surface area contributed by atoms with Crippen LogP contribution in [0.5, 0.6) is 0 Å². The lowest BCUT2D eigenvalue weighted by Crippen LogP contribution is -2.33. The van der Waals surface area contributed by atoms with Crippen LogP contribution in [-0.4, -0.2) is 21.7 Å². The van der Waals surface area contributed by atoms with Gasteiger partial charge in [0.05, 0.1) is 18.0 Å². The van der Waals surface area contributed by atoms with Crippen molar-refractivity contribution in [1.29, 1.82) is 0 Å². The standard InChI is InChI=1S/C14H19N3O2/c1-10(6-7-12-5-4-8-19-12)16-14(18)13-9-15-17(3)11(13)2/h4-5,8-10H,6-7H2,1-3H3,(H,16,18)/t10-/m1/s1. The molecule has 1 amide bonds. The Labute approximate surface area is 112 Å². The molecular formula is C14H19N3O2. The number of nitrogens with zero attached hydrogens (tertiary/aromatic N) is 2. The Bertz CT molecular complexity index is 543. The highest BCUT2D eigenvalue weighted by Crippen LogP contribution is 2.08. The molecule has 5 nitrogen and oxygen atoms in total. The van der Waals surface area contributed by atoms with Crippen LogP contribution in [0.2, 0.25) is 0 Å². The number of furan rings is 1. The van der Waals surface area contributed by atoms with Crippen LogP contribution < -0.4 is 5.32 Å². The molecule has 1 N–H and O–H groups in total. The molecule has 0 bridgehead atoms. The van der Waals surface area contributed by atoms with Crippen molar-refractivity contribution in [2.45, 2.75) is 32.7 Å². The summed E-state index contributed by atoms with van der Waals surface area (Å²) in [5.41, 5.74) is 1.50. The van der Waals surface area contributed by atoms with Gasteiger partial charge in [0.15, 0.2) is 0 Å². The molecule has 2 aromatic rings. The molecule has 0 fully saturated rings. The van der Waals surface area contributed by atoms with Gasteiger partial charge < -0.3 is 9.73 Å². The summed E-state index contributed by atoms with van der Waals surface area (Å²) in [5, 5.41) is 7.05. The van der Waals surface area contributed by atoms with Gasteiger partial charge in [-0.3, -0.25) is 9.48 Å². The monoisotopic (exact) mass is 261 g/mol. The molecule has 0 radical (unpaired) electrons. The maximum absolute atomic E-state index is 12.1. The number of aromatic nitrogens is 2. The minimum Gasteiger partial charge on any atom is -0.469 e. The summed E-state index contributed by atoms with van der Waals surface area (Å²) in [6, 6.07) is 3.91. The molecule has 0 saturated carbocycles. The molecule has 0 aliphatic rings. The molecule has 1 atom stereocenters. The predicted octanol–water partition coefficient (Wildman–Crippen LogP) is 2.07. The Morgan fingerprint density at radius 1 is 1.58 bits per heavy atom. The van der Waals surface area contributed by atoms with Gasteiger partial charge in [0.2, 0.25) is 0 Å². The Hall–Kier alpha value is -2.04. The molecule has 0 unspecified atom stereocenters. The summed E-state index contributed by atoms with van der Waals surface area (Å²) in [6.45, 7) is 3.88. The lowest BCUT2D eigenvalue weighted by Gasteiger charge is -2.12. The average molecular weight is 261 g/mol. The van der Waals surface area contributed by atoms with E-state index in [0.29, 0.717) is 5.56 Å². The summed E-state index contributed by atoms with van der Waals surface area (Å²) < 4.78 is 6.97. The minimum atomic E-state index is -0.0717. The number of carbonyl (C=O) groups is 1. The van der Waals surface area contributed by atoms with Gasteiger partial charge >= 0.3 is 0 Å². The van der Waals surface area contributed by atoms with E-state index in [0.717, 1.165) is 24.3 Å². The highest BCUT2D eigenvalue weighted by atomic mass is 16.3. The van der Waals surface area contributed by atoms with Crippen LogP contribution in [0.1, 0.15) is 35.2 Å². The molecule has 5 heteroatoms. The molecular weight excluding hydrogens is 242 g/mol. The van der Waals surface area contributed by atoms with Crippen molar-refractivity contribution in [3.8, 4) is 0 Å². The van der Waals surface area contributed by atoms with Crippen molar-refractivity contribution in [3.63, 3.8) is 0 Å². The van der Waals surface area contributed by atoms with E-state index < -0.39 is 0 Å². The fourth-order valence-corrected chi connectivity index (χ4v) is 1.91. The molecule has 0 saturated heterocycles. The minimum absolute atomic E-state index is 0.0717. The third kappa shape index (κ3) is 3.24. The molecule has 2 heterocycles. The Morgan fingerprint density at radius 2 is 2.37 bits per heavy atom. The third-order valence-electron chi connectivity index (χ3n) is 3.26. The van der Waals surface area contributed by atoms with Gasteiger partial charge in [0.25, 0.3) is 5.91 Å². The molecule has 19 heavy (non-hydrogen) atoms. The van der Waals surface area contributed by atoms with Crippen molar-refractivity contribution in [2.75, 3.05) is 0 Å². The van der Waals surface area contributed by atoms with Crippen LogP contribution >= 0.6 is 0 Å². The molecule has 2 rings (SSSR count). The van der Waals surface area contributed by atoms with Crippen LogP contribution in [0.3, 0.4) is 0 Å². The maximum atomic E-state index is 12.1. The second kappa shape index (κ2) is 5.73. The zero-order valence-electron chi connectivity index (χ0n) is 11.5. The van der Waals surface area contributed by atoms with Crippen molar-refractivity contribution in [3.05, 3.63) is 41.6 Å². The Balaban J connectivity index is 1.86. The number of aryl methyl sites for hydroxylation is 2. The van der Waals surface area contributed by atoms with E-state index in [4.69, 9.17) is 4.42 Å². The summed E-state index contributed by atoms with van der Waals surface area (Å²) in [7, 11) is 1.83. The van der Waals surface area contributed by atoms with Gasteiger partial charge in [-0.25, -0.2) is 0 Å². The largest absolute Gasteiger partial charge is 0.469 e. The zero-order valence-corrected chi connectivity index (χ0v) is 11.5. The molecule has 0 aliphatic heterocycles. The van der Waals surface area contributed by atoms with Crippen LogP contribution in [0.25, 0.3) is 0 Å². The first-order valence-electron chi connectivity index (χ1n) is 6.39. The number of hydrogen-bond acceptors (Lipinski definition) is 3. The summed E-state index contributed by atoms with van der Waals surface area (Å²) in [6.07, 6.45) is 4.93. The van der Waals surface area contributed by atoms with E-state index in [2.05, 4.69) is 10.4 Å². The van der Waals surface area contributed by atoms with E-state index in [-0.39, 0.29) is 11.9 Å². The van der Waals surface area contributed by atoms with Crippen LogP contribution in [-0.2, 0) is 13.5 Å². The Morgan fingerprint density at radius 3 is 2.95 bits per heavy atom. The van der Waals surface area contributed by atoms with Crippen LogP contribution in [0.15, 0.2) is 29.0 Å². The smallest absolute Gasteiger partial charge is 0.254 e. The van der Waals surface area contributed by atoms with E-state index in [1.165, 1.54) is 0 Å². The second-order valence-corrected chi connectivity index (χ2v) is 4.76. The zero-order chi connectivity index (χ0) is 13.8. The highest BCUT2D eigenvalue weighted by molar-refractivity contribution is 5.95. The van der Waals surface area contributed by atoms with Crippen LogP contribution in [0.4, 0.5) is 0 Å². The van der Waals surface area contributed by atoms with Gasteiger partial charge in [-0.1, -0.05) is 0 Å². The first-order chi connectivity index (χ1) is 9.08. The van der Waals surface area contributed by atoms with Crippen LogP contribution in [0, 0.1) is 6.92 Å². The molecule has 102 valence electrons. The average Bonchev–Trinajstić information content (AvgIpc) is 2.98. The quantitative estimate of drug-likeness (QED) is 0.896. The molecule has 2 aromatic heterocycles. The Kier molecular flexibility index (Phi) is 4.04. The second-order valence-electron chi connectivity index (χ2n) is 4.76. The normalized spacial score (nSPS) is 12.4. The molecule has 0 aromatic carbocycles. The third-order valence-corrected chi connectivity index (χ3v) is 3.26. The topological polar surface area (TPSA) is 60.1 Å². The summed E-state index contributed by atoms with van der Waals surface area (Å²) >= 11 is 0. The predicted molar refractivity (Wildman–Crippen MR) is 71.9 cm³/mol. The van der Waals surface area contributed by atoms with Gasteiger partial charge in [-0.2, -0.15) is 5.10 Å². The number of nitrogens with one attached hydrogen (secondary N) is 1. The fourth-order valence-electron chi connectivity index (χ4n) is 1.91. The number of rotatable bonds is 5. The van der Waals surface area contributed by atoms with Crippen molar-refractivity contribution in [1.82, 2.24) is 15.1 Å². The number of amides is 1. The highest BCUT2D eigenvalue weighted by Gasteiger charge is 2.15. The van der Waals surface area contributed by atoms with Gasteiger partial charge in [0, 0.05) is 25.2 Å². The van der Waals surface area contributed by atoms with Gasteiger partial charge in [0.1, 0.15) is 5.76 Å². The maximum Gasteiger partial charge on any atom is 0.254 e. The van der Waals surface area contributed by atoms with E-state index >= 15 is 0 Å². The number of carbonyl (C=O) groups excluding carboxylic acids is 1. The fraction of sp³-hybridized carbons (Fsp3) is 0.429. The summed E-state index contributed by atoms with van der Waals surface area (Å²) in [4.78, 5) is 12.1. The SMILES string of the molecule is Cc1c(C(=O)N[C@H](C)CCc2ccco2)cnn1C.